The highest BCUT2D eigenvalue weighted by Crippen LogP contribution is 2.24. The van der Waals surface area contributed by atoms with Crippen LogP contribution < -0.4 is 0 Å². The number of hydrogen-bond donors (Lipinski definition) is 1. The Morgan fingerprint density at radius 1 is 1.19 bits per heavy atom. The first-order chi connectivity index (χ1) is 12.1. The lowest BCUT2D eigenvalue weighted by Gasteiger charge is -2.27. The molecular weight excluding hydrogens is 356 g/mol. The van der Waals surface area contributed by atoms with E-state index in [-0.39, 0.29) is 16.5 Å². The quantitative estimate of drug-likeness (QED) is 0.813. The number of carboxylic acids is 1. The van der Waals surface area contributed by atoms with Crippen molar-refractivity contribution in [2.24, 2.45) is 0 Å². The van der Waals surface area contributed by atoms with Crippen LogP contribution in [-0.2, 0) is 14.8 Å². The highest BCUT2D eigenvalue weighted by molar-refractivity contribution is 7.89. The van der Waals surface area contributed by atoms with E-state index >= 15 is 0 Å². The molecule has 1 heterocycles. The molecule has 0 atom stereocenters. The summed E-state index contributed by atoms with van der Waals surface area (Å²) in [6, 6.07) is 4.16. The van der Waals surface area contributed by atoms with E-state index in [0.717, 1.165) is 19.3 Å². The monoisotopic (exact) mass is 382 g/mol. The van der Waals surface area contributed by atoms with E-state index in [4.69, 9.17) is 5.11 Å². The van der Waals surface area contributed by atoms with Gasteiger partial charge in [-0.2, -0.15) is 4.31 Å². The molecule has 1 aromatic carbocycles. The van der Waals surface area contributed by atoms with Gasteiger partial charge >= 0.3 is 5.97 Å². The van der Waals surface area contributed by atoms with Crippen LogP contribution in [-0.4, -0.2) is 60.3 Å². The molecule has 1 aromatic rings. The smallest absolute Gasteiger partial charge is 0.323 e. The third kappa shape index (κ3) is 4.42. The largest absolute Gasteiger partial charge is 0.480 e. The molecule has 0 spiro atoms. The van der Waals surface area contributed by atoms with E-state index in [2.05, 4.69) is 0 Å². The molecule has 144 valence electrons. The number of carbonyl (C=O) groups is 2. The van der Waals surface area contributed by atoms with E-state index in [1.807, 2.05) is 0 Å². The Hall–Kier alpha value is -1.93. The highest BCUT2D eigenvalue weighted by Gasteiger charge is 2.28. The normalized spacial score (nSPS) is 15.8. The maximum absolute atomic E-state index is 12.9. The Bertz CT molecular complexity index is 783. The molecule has 0 aliphatic carbocycles. The van der Waals surface area contributed by atoms with Gasteiger partial charge in [0.1, 0.15) is 6.54 Å². The van der Waals surface area contributed by atoms with Crippen molar-refractivity contribution in [2.45, 2.75) is 51.0 Å². The van der Waals surface area contributed by atoms with Crippen molar-refractivity contribution in [3.05, 3.63) is 29.3 Å². The van der Waals surface area contributed by atoms with Gasteiger partial charge in [-0.05, 0) is 51.3 Å². The van der Waals surface area contributed by atoms with Gasteiger partial charge in [-0.25, -0.2) is 8.42 Å². The zero-order valence-corrected chi connectivity index (χ0v) is 16.3. The predicted molar refractivity (Wildman–Crippen MR) is 97.6 cm³/mol. The summed E-state index contributed by atoms with van der Waals surface area (Å²) in [6.07, 6.45) is 2.68. The molecule has 1 saturated heterocycles. The van der Waals surface area contributed by atoms with Crippen LogP contribution in [0, 0.1) is 6.92 Å². The van der Waals surface area contributed by atoms with Gasteiger partial charge in [0.05, 0.1) is 4.90 Å². The van der Waals surface area contributed by atoms with Crippen molar-refractivity contribution in [3.8, 4) is 0 Å². The summed E-state index contributed by atoms with van der Waals surface area (Å²) in [7, 11) is -3.66. The fraction of sp³-hybridized carbons (Fsp3) is 0.556. The van der Waals surface area contributed by atoms with Crippen molar-refractivity contribution < 1.29 is 23.1 Å². The van der Waals surface area contributed by atoms with Crippen molar-refractivity contribution in [1.29, 1.82) is 0 Å². The molecule has 26 heavy (non-hydrogen) atoms. The molecule has 1 aliphatic rings. The van der Waals surface area contributed by atoms with Crippen LogP contribution in [0.15, 0.2) is 23.1 Å². The van der Waals surface area contributed by atoms with Crippen molar-refractivity contribution in [1.82, 2.24) is 9.21 Å². The topological polar surface area (TPSA) is 95.0 Å². The summed E-state index contributed by atoms with van der Waals surface area (Å²) in [4.78, 5) is 25.2. The maximum atomic E-state index is 12.9. The highest BCUT2D eigenvalue weighted by atomic mass is 32.2. The molecule has 1 amide bonds. The number of amides is 1. The second-order valence-corrected chi connectivity index (χ2v) is 8.80. The molecule has 0 unspecified atom stereocenters. The summed E-state index contributed by atoms with van der Waals surface area (Å²) in [5, 5.41) is 9.06. The van der Waals surface area contributed by atoms with Crippen LogP contribution in [0.5, 0.6) is 0 Å². The van der Waals surface area contributed by atoms with Gasteiger partial charge in [-0.3, -0.25) is 9.59 Å². The van der Waals surface area contributed by atoms with Gasteiger partial charge in [-0.1, -0.05) is 12.5 Å². The number of carboxylic acid groups (broad SMARTS) is 1. The molecule has 0 saturated carbocycles. The average Bonchev–Trinajstić information content (AvgIpc) is 2.59. The van der Waals surface area contributed by atoms with Gasteiger partial charge in [0.15, 0.2) is 0 Å². The lowest BCUT2D eigenvalue weighted by atomic mass is 10.1. The second kappa shape index (κ2) is 8.18. The minimum Gasteiger partial charge on any atom is -0.480 e. The summed E-state index contributed by atoms with van der Waals surface area (Å²) in [6.45, 7) is 5.70. The van der Waals surface area contributed by atoms with Crippen LogP contribution in [0.4, 0.5) is 0 Å². The second-order valence-electron chi connectivity index (χ2n) is 6.86. The van der Waals surface area contributed by atoms with Crippen LogP contribution in [0.3, 0.4) is 0 Å². The number of rotatable bonds is 6. The minimum absolute atomic E-state index is 0.0763. The van der Waals surface area contributed by atoms with Crippen LogP contribution in [0.25, 0.3) is 0 Å². The number of hydrogen-bond acceptors (Lipinski definition) is 4. The molecule has 8 heteroatoms. The fourth-order valence-electron chi connectivity index (χ4n) is 3.04. The average molecular weight is 382 g/mol. The number of aliphatic carboxylic acids is 1. The summed E-state index contributed by atoms with van der Waals surface area (Å²) >= 11 is 0. The maximum Gasteiger partial charge on any atom is 0.323 e. The van der Waals surface area contributed by atoms with Crippen LogP contribution in [0.2, 0.25) is 0 Å². The third-order valence-corrected chi connectivity index (χ3v) is 6.48. The third-order valence-electron chi connectivity index (χ3n) is 4.58. The molecule has 1 aliphatic heterocycles. The van der Waals surface area contributed by atoms with Crippen molar-refractivity contribution in [2.75, 3.05) is 19.6 Å². The lowest BCUT2D eigenvalue weighted by molar-refractivity contribution is -0.138. The number of aryl methyl sites for hydroxylation is 1. The Kier molecular flexibility index (Phi) is 6.41. The fourth-order valence-corrected chi connectivity index (χ4v) is 4.58. The van der Waals surface area contributed by atoms with Crippen LogP contribution >= 0.6 is 0 Å². The van der Waals surface area contributed by atoms with E-state index in [0.29, 0.717) is 18.7 Å². The van der Waals surface area contributed by atoms with E-state index < -0.39 is 28.4 Å². The number of nitrogens with zero attached hydrogens (tertiary/aromatic N) is 2. The summed E-state index contributed by atoms with van der Waals surface area (Å²) < 4.78 is 27.2. The molecular formula is C18H26N2O5S. The summed E-state index contributed by atoms with van der Waals surface area (Å²) in [5.41, 5.74) is 0.835. The first-order valence-corrected chi connectivity index (χ1v) is 10.2. The SMILES string of the molecule is Cc1ccc(S(=O)(=O)N2CCCCC2)cc1C(=O)N(CC(=O)O)C(C)C. The summed E-state index contributed by atoms with van der Waals surface area (Å²) in [5.74, 6) is -1.59. The lowest BCUT2D eigenvalue weighted by Crippen LogP contribution is -2.41. The van der Waals surface area contributed by atoms with Crippen LogP contribution in [0.1, 0.15) is 49.0 Å². The number of carbonyl (C=O) groups excluding carboxylic acids is 1. The Balaban J connectivity index is 2.40. The zero-order valence-electron chi connectivity index (χ0n) is 15.4. The molecule has 1 fully saturated rings. The number of benzene rings is 1. The molecule has 0 radical (unpaired) electrons. The van der Waals surface area contributed by atoms with Crippen molar-refractivity contribution in [3.63, 3.8) is 0 Å². The molecule has 0 aromatic heterocycles. The molecule has 2 rings (SSSR count). The minimum atomic E-state index is -3.66. The molecule has 7 nitrogen and oxygen atoms in total. The first kappa shape index (κ1) is 20.4. The van der Waals surface area contributed by atoms with E-state index in [9.17, 15) is 18.0 Å². The Morgan fingerprint density at radius 2 is 1.81 bits per heavy atom. The number of sulfonamides is 1. The molecule has 1 N–H and O–H groups in total. The van der Waals surface area contributed by atoms with E-state index in [1.165, 1.54) is 21.3 Å². The first-order valence-electron chi connectivity index (χ1n) is 8.78. The molecule has 0 bridgehead atoms. The number of piperidine rings is 1. The van der Waals surface area contributed by atoms with Crippen molar-refractivity contribution >= 4 is 21.9 Å². The Morgan fingerprint density at radius 3 is 2.35 bits per heavy atom. The standard InChI is InChI=1S/C18H26N2O5S/c1-13(2)20(12-17(21)22)18(23)16-11-15(8-7-14(16)3)26(24,25)19-9-5-4-6-10-19/h7-8,11,13H,4-6,9-10,12H2,1-3H3,(H,21,22). The van der Waals surface area contributed by atoms with Gasteiger partial charge in [0, 0.05) is 24.7 Å². The van der Waals surface area contributed by atoms with Gasteiger partial charge in [0.2, 0.25) is 10.0 Å². The van der Waals surface area contributed by atoms with Gasteiger partial charge < -0.3 is 10.0 Å². The zero-order chi connectivity index (χ0) is 19.5. The van der Waals surface area contributed by atoms with Gasteiger partial charge in [0.25, 0.3) is 5.91 Å². The van der Waals surface area contributed by atoms with Gasteiger partial charge in [-0.15, -0.1) is 0 Å². The van der Waals surface area contributed by atoms with E-state index in [1.54, 1.807) is 26.8 Å². The Labute approximate surface area is 154 Å². The predicted octanol–water partition coefficient (Wildman–Crippen LogP) is 2.10.